The summed E-state index contributed by atoms with van der Waals surface area (Å²) in [7, 11) is -3.33. The first-order valence-corrected chi connectivity index (χ1v) is 10.2. The summed E-state index contributed by atoms with van der Waals surface area (Å²) in [6.07, 6.45) is 2.73. The molecule has 0 spiro atoms. The third-order valence-electron chi connectivity index (χ3n) is 4.44. The van der Waals surface area contributed by atoms with Gasteiger partial charge < -0.3 is 4.57 Å². The van der Waals surface area contributed by atoms with Gasteiger partial charge in [0.15, 0.2) is 9.84 Å². The SMILES string of the molecule is CS(=O)(=O)c1ccccc1[C@@H]1CCc2nc3cc(F)c(Br)cc3n21. The molecule has 4 nitrogen and oxygen atoms in total. The maximum atomic E-state index is 13.8. The number of hydrogen-bond acceptors (Lipinski definition) is 3. The molecule has 24 heavy (non-hydrogen) atoms. The van der Waals surface area contributed by atoms with E-state index in [2.05, 4.69) is 20.9 Å². The summed E-state index contributed by atoms with van der Waals surface area (Å²) < 4.78 is 40.5. The van der Waals surface area contributed by atoms with Crippen molar-refractivity contribution in [2.45, 2.75) is 23.8 Å². The van der Waals surface area contributed by atoms with Crippen molar-refractivity contribution in [2.75, 3.05) is 6.26 Å². The van der Waals surface area contributed by atoms with Gasteiger partial charge in [-0.25, -0.2) is 17.8 Å². The summed E-state index contributed by atoms with van der Waals surface area (Å²) in [6, 6.07) is 10.1. The van der Waals surface area contributed by atoms with Crippen molar-refractivity contribution < 1.29 is 12.8 Å². The zero-order valence-corrected chi connectivity index (χ0v) is 15.2. The molecule has 0 saturated carbocycles. The number of aromatic nitrogens is 2. The molecule has 0 amide bonds. The lowest BCUT2D eigenvalue weighted by Gasteiger charge is -2.18. The number of sulfone groups is 1. The highest BCUT2D eigenvalue weighted by atomic mass is 79.9. The molecule has 0 aliphatic carbocycles. The summed E-state index contributed by atoms with van der Waals surface area (Å²) in [5.74, 6) is 0.503. The highest BCUT2D eigenvalue weighted by Gasteiger charge is 2.30. The molecule has 0 bridgehead atoms. The van der Waals surface area contributed by atoms with Crippen molar-refractivity contribution in [2.24, 2.45) is 0 Å². The van der Waals surface area contributed by atoms with Crippen LogP contribution < -0.4 is 0 Å². The molecule has 0 N–H and O–H groups in total. The number of aryl methyl sites for hydroxylation is 1. The number of hydrogen-bond donors (Lipinski definition) is 0. The summed E-state index contributed by atoms with van der Waals surface area (Å²) >= 11 is 3.22. The number of imidazole rings is 1. The minimum absolute atomic E-state index is 0.117. The monoisotopic (exact) mass is 408 g/mol. The van der Waals surface area contributed by atoms with Gasteiger partial charge in [0.25, 0.3) is 0 Å². The molecule has 0 radical (unpaired) electrons. The van der Waals surface area contributed by atoms with E-state index in [0.717, 1.165) is 29.7 Å². The van der Waals surface area contributed by atoms with Crippen molar-refractivity contribution in [1.82, 2.24) is 9.55 Å². The van der Waals surface area contributed by atoms with E-state index in [4.69, 9.17) is 0 Å². The van der Waals surface area contributed by atoms with Gasteiger partial charge in [0.05, 0.1) is 26.4 Å². The Morgan fingerprint density at radius 2 is 2.04 bits per heavy atom. The van der Waals surface area contributed by atoms with Gasteiger partial charge in [0.2, 0.25) is 0 Å². The molecular weight excluding hydrogens is 395 g/mol. The standard InChI is InChI=1S/C17H14BrFN2O2S/c1-24(22,23)16-5-3-2-4-10(16)14-6-7-17-20-13-9-12(19)11(18)8-15(13)21(14)17/h2-5,8-9,14H,6-7H2,1H3/t14-/m0/s1. The summed E-state index contributed by atoms with van der Waals surface area (Å²) in [5.41, 5.74) is 2.16. The summed E-state index contributed by atoms with van der Waals surface area (Å²) in [4.78, 5) is 4.85. The van der Waals surface area contributed by atoms with Gasteiger partial charge in [-0.1, -0.05) is 18.2 Å². The molecule has 1 aromatic heterocycles. The average molecular weight is 409 g/mol. The Bertz CT molecular complexity index is 1080. The predicted molar refractivity (Wildman–Crippen MR) is 93.4 cm³/mol. The third-order valence-corrected chi connectivity index (χ3v) is 6.21. The number of rotatable bonds is 2. The van der Waals surface area contributed by atoms with Gasteiger partial charge in [-0.2, -0.15) is 0 Å². The molecule has 2 heterocycles. The first kappa shape index (κ1) is 15.8. The highest BCUT2D eigenvalue weighted by molar-refractivity contribution is 9.10. The molecule has 0 fully saturated rings. The van der Waals surface area contributed by atoms with Crippen LogP contribution in [0.25, 0.3) is 11.0 Å². The number of benzene rings is 2. The van der Waals surface area contributed by atoms with E-state index in [1.165, 1.54) is 12.3 Å². The van der Waals surface area contributed by atoms with E-state index in [9.17, 15) is 12.8 Å². The van der Waals surface area contributed by atoms with Gasteiger partial charge in [0, 0.05) is 18.7 Å². The second-order valence-electron chi connectivity index (χ2n) is 6.02. The fraction of sp³-hybridized carbons (Fsp3) is 0.235. The second-order valence-corrected chi connectivity index (χ2v) is 8.86. The lowest BCUT2D eigenvalue weighted by atomic mass is 10.0. The van der Waals surface area contributed by atoms with Crippen LogP contribution in [0.3, 0.4) is 0 Å². The largest absolute Gasteiger partial charge is 0.320 e. The van der Waals surface area contributed by atoms with E-state index >= 15 is 0 Å². The van der Waals surface area contributed by atoms with Gasteiger partial charge in [-0.05, 0) is 40.0 Å². The molecule has 0 unspecified atom stereocenters. The average Bonchev–Trinajstić information content (AvgIpc) is 3.07. The van der Waals surface area contributed by atoms with E-state index < -0.39 is 9.84 Å². The molecule has 1 atom stereocenters. The van der Waals surface area contributed by atoms with Crippen molar-refractivity contribution in [1.29, 1.82) is 0 Å². The van der Waals surface area contributed by atoms with Crippen molar-refractivity contribution in [3.05, 3.63) is 58.1 Å². The van der Waals surface area contributed by atoms with Crippen LogP contribution in [0.15, 0.2) is 45.8 Å². The van der Waals surface area contributed by atoms with Crippen molar-refractivity contribution in [3.8, 4) is 0 Å². The lowest BCUT2D eigenvalue weighted by Crippen LogP contribution is -2.11. The topological polar surface area (TPSA) is 52.0 Å². The molecule has 124 valence electrons. The van der Waals surface area contributed by atoms with Crippen LogP contribution >= 0.6 is 15.9 Å². The quantitative estimate of drug-likeness (QED) is 0.646. The molecule has 1 aliphatic rings. The number of nitrogens with zero attached hydrogens (tertiary/aromatic N) is 2. The van der Waals surface area contributed by atoms with E-state index in [1.807, 2.05) is 16.7 Å². The zero-order chi connectivity index (χ0) is 17.1. The first-order valence-electron chi connectivity index (χ1n) is 7.51. The van der Waals surface area contributed by atoms with Crippen molar-refractivity contribution in [3.63, 3.8) is 0 Å². The smallest absolute Gasteiger partial charge is 0.175 e. The Morgan fingerprint density at radius 3 is 2.79 bits per heavy atom. The number of fused-ring (bicyclic) bond motifs is 3. The molecule has 4 rings (SSSR count). The van der Waals surface area contributed by atoms with Crippen LogP contribution in [0, 0.1) is 5.82 Å². The number of halogens is 2. The minimum Gasteiger partial charge on any atom is -0.320 e. The Labute approximate surface area is 147 Å². The van der Waals surface area contributed by atoms with Gasteiger partial charge in [-0.3, -0.25) is 0 Å². The van der Waals surface area contributed by atoms with Crippen LogP contribution in [-0.4, -0.2) is 24.2 Å². The van der Waals surface area contributed by atoms with Crippen LogP contribution in [-0.2, 0) is 16.3 Å². The summed E-state index contributed by atoms with van der Waals surface area (Å²) in [5, 5.41) is 0. The van der Waals surface area contributed by atoms with Crippen LogP contribution in [0.5, 0.6) is 0 Å². The molecule has 2 aromatic carbocycles. The lowest BCUT2D eigenvalue weighted by molar-refractivity contribution is 0.589. The highest BCUT2D eigenvalue weighted by Crippen LogP contribution is 2.38. The molecule has 7 heteroatoms. The van der Waals surface area contributed by atoms with Crippen LogP contribution in [0.4, 0.5) is 4.39 Å². The maximum Gasteiger partial charge on any atom is 0.175 e. The third kappa shape index (κ3) is 2.38. The Hall–Kier alpha value is -1.73. The normalized spacial score (nSPS) is 17.4. The molecule has 3 aromatic rings. The zero-order valence-electron chi connectivity index (χ0n) is 12.8. The molecular formula is C17H14BrFN2O2S. The van der Waals surface area contributed by atoms with E-state index in [0.29, 0.717) is 14.9 Å². The van der Waals surface area contributed by atoms with E-state index in [1.54, 1.807) is 18.2 Å². The fourth-order valence-corrected chi connectivity index (χ4v) is 4.74. The Morgan fingerprint density at radius 1 is 1.29 bits per heavy atom. The molecule has 0 saturated heterocycles. The summed E-state index contributed by atoms with van der Waals surface area (Å²) in [6.45, 7) is 0. The maximum absolute atomic E-state index is 13.8. The van der Waals surface area contributed by atoms with Gasteiger partial charge >= 0.3 is 0 Å². The first-order chi connectivity index (χ1) is 11.4. The predicted octanol–water partition coefficient (Wildman–Crippen LogP) is 3.88. The van der Waals surface area contributed by atoms with Gasteiger partial charge in [0.1, 0.15) is 11.6 Å². The van der Waals surface area contributed by atoms with Crippen LogP contribution in [0.2, 0.25) is 0 Å². The van der Waals surface area contributed by atoms with Crippen molar-refractivity contribution >= 4 is 36.8 Å². The fourth-order valence-electron chi connectivity index (χ4n) is 3.45. The molecule has 1 aliphatic heterocycles. The second kappa shape index (κ2) is 5.39. The van der Waals surface area contributed by atoms with E-state index in [-0.39, 0.29) is 11.9 Å². The van der Waals surface area contributed by atoms with Gasteiger partial charge in [-0.15, -0.1) is 0 Å². The Balaban J connectivity index is 1.96. The minimum atomic E-state index is -3.33. The van der Waals surface area contributed by atoms with Crippen LogP contribution in [0.1, 0.15) is 23.9 Å². The Kier molecular flexibility index (Phi) is 3.54.